The van der Waals surface area contributed by atoms with Crippen LogP contribution in [0.1, 0.15) is 38.3 Å². The van der Waals surface area contributed by atoms with E-state index in [0.717, 1.165) is 17.0 Å². The Labute approximate surface area is 122 Å². The van der Waals surface area contributed by atoms with Crippen molar-refractivity contribution in [2.24, 2.45) is 0 Å². The summed E-state index contributed by atoms with van der Waals surface area (Å²) in [6, 6.07) is 3.59. The maximum atomic E-state index is 11.8. The standard InChI is InChI=1S/C15H18N4O2/c1-9(2)12-5-3-10(14-16-7-8-19(12)14)17-11-4-6-13(20)18-15(11)21/h3,5,7-9,11,17H,4,6H2,1-2H3,(H,18,20,21). The number of fused-ring (bicyclic) bond motifs is 1. The average molecular weight is 286 g/mol. The highest BCUT2D eigenvalue weighted by Gasteiger charge is 2.27. The summed E-state index contributed by atoms with van der Waals surface area (Å²) in [5.41, 5.74) is 2.76. The molecule has 0 aliphatic carbocycles. The van der Waals surface area contributed by atoms with Crippen LogP contribution in [0.2, 0.25) is 0 Å². The SMILES string of the molecule is CC(C)c1ccc(NC2CCC(=O)NC2=O)c2nccn12. The topological polar surface area (TPSA) is 75.5 Å². The third-order valence-corrected chi connectivity index (χ3v) is 3.74. The number of hydrogen-bond acceptors (Lipinski definition) is 4. The number of nitrogens with one attached hydrogen (secondary N) is 2. The normalized spacial score (nSPS) is 19.1. The number of aromatic nitrogens is 2. The number of imide groups is 1. The number of piperidine rings is 1. The number of hydrogen-bond donors (Lipinski definition) is 2. The molecule has 6 nitrogen and oxygen atoms in total. The molecule has 1 aliphatic rings. The molecule has 0 aromatic carbocycles. The Kier molecular flexibility index (Phi) is 3.37. The lowest BCUT2D eigenvalue weighted by molar-refractivity contribution is -0.133. The van der Waals surface area contributed by atoms with Crippen molar-refractivity contribution in [1.29, 1.82) is 0 Å². The van der Waals surface area contributed by atoms with Gasteiger partial charge in [-0.2, -0.15) is 0 Å². The van der Waals surface area contributed by atoms with Crippen LogP contribution >= 0.6 is 0 Å². The van der Waals surface area contributed by atoms with E-state index in [1.54, 1.807) is 6.20 Å². The third-order valence-electron chi connectivity index (χ3n) is 3.74. The largest absolute Gasteiger partial charge is 0.371 e. The lowest BCUT2D eigenvalue weighted by atomic mass is 10.1. The summed E-state index contributed by atoms with van der Waals surface area (Å²) in [5.74, 6) is -0.102. The first kappa shape index (κ1) is 13.6. The van der Waals surface area contributed by atoms with Gasteiger partial charge < -0.3 is 9.72 Å². The predicted octanol–water partition coefficient (Wildman–Crippen LogP) is 1.67. The van der Waals surface area contributed by atoms with Crippen LogP contribution in [0.3, 0.4) is 0 Å². The second-order valence-corrected chi connectivity index (χ2v) is 5.60. The fourth-order valence-electron chi connectivity index (χ4n) is 2.64. The number of imidazole rings is 1. The molecule has 21 heavy (non-hydrogen) atoms. The molecule has 1 saturated heterocycles. The summed E-state index contributed by atoms with van der Waals surface area (Å²) >= 11 is 0. The highest BCUT2D eigenvalue weighted by atomic mass is 16.2. The summed E-state index contributed by atoms with van der Waals surface area (Å²) in [6.07, 6.45) is 4.53. The number of rotatable bonds is 3. The molecule has 1 unspecified atom stereocenters. The van der Waals surface area contributed by atoms with E-state index >= 15 is 0 Å². The quantitative estimate of drug-likeness (QED) is 0.842. The van der Waals surface area contributed by atoms with Gasteiger partial charge in [-0.25, -0.2) is 4.98 Å². The van der Waals surface area contributed by atoms with Crippen LogP contribution in [-0.2, 0) is 9.59 Å². The Morgan fingerprint density at radius 2 is 2.19 bits per heavy atom. The molecule has 0 bridgehead atoms. The molecule has 6 heteroatoms. The first-order chi connectivity index (χ1) is 10.1. The van der Waals surface area contributed by atoms with Crippen LogP contribution in [-0.4, -0.2) is 27.2 Å². The van der Waals surface area contributed by atoms with Crippen molar-refractivity contribution in [3.05, 3.63) is 30.2 Å². The average Bonchev–Trinajstić information content (AvgIpc) is 2.91. The summed E-state index contributed by atoms with van der Waals surface area (Å²) in [7, 11) is 0. The van der Waals surface area contributed by atoms with E-state index in [1.165, 1.54) is 0 Å². The lowest BCUT2D eigenvalue weighted by Crippen LogP contribution is -2.47. The van der Waals surface area contributed by atoms with Gasteiger partial charge in [0, 0.05) is 24.5 Å². The molecule has 1 fully saturated rings. The van der Waals surface area contributed by atoms with E-state index in [4.69, 9.17) is 0 Å². The van der Waals surface area contributed by atoms with Crippen molar-refractivity contribution in [1.82, 2.24) is 14.7 Å². The Morgan fingerprint density at radius 3 is 2.90 bits per heavy atom. The summed E-state index contributed by atoms with van der Waals surface area (Å²) < 4.78 is 2.03. The predicted molar refractivity (Wildman–Crippen MR) is 79.1 cm³/mol. The molecule has 3 heterocycles. The van der Waals surface area contributed by atoms with E-state index in [-0.39, 0.29) is 11.8 Å². The number of amides is 2. The monoisotopic (exact) mass is 286 g/mol. The highest BCUT2D eigenvalue weighted by molar-refractivity contribution is 6.01. The van der Waals surface area contributed by atoms with Crippen molar-refractivity contribution >= 4 is 23.1 Å². The van der Waals surface area contributed by atoms with Crippen molar-refractivity contribution in [2.45, 2.75) is 38.6 Å². The van der Waals surface area contributed by atoms with Gasteiger partial charge in [-0.05, 0) is 24.5 Å². The summed E-state index contributed by atoms with van der Waals surface area (Å²) in [4.78, 5) is 27.4. The molecule has 2 amide bonds. The van der Waals surface area contributed by atoms with Gasteiger partial charge in [0.15, 0.2) is 5.65 Å². The second-order valence-electron chi connectivity index (χ2n) is 5.60. The van der Waals surface area contributed by atoms with Crippen LogP contribution in [0.4, 0.5) is 5.69 Å². The van der Waals surface area contributed by atoms with Gasteiger partial charge in [0.2, 0.25) is 11.8 Å². The third kappa shape index (κ3) is 2.49. The van der Waals surface area contributed by atoms with Crippen molar-refractivity contribution in [3.8, 4) is 0 Å². The molecule has 1 atom stereocenters. The molecule has 2 aromatic rings. The van der Waals surface area contributed by atoms with Crippen LogP contribution in [0.5, 0.6) is 0 Å². The van der Waals surface area contributed by atoms with Gasteiger partial charge in [-0.1, -0.05) is 13.8 Å². The zero-order chi connectivity index (χ0) is 15.0. The molecule has 1 aliphatic heterocycles. The van der Waals surface area contributed by atoms with E-state index in [9.17, 15) is 9.59 Å². The van der Waals surface area contributed by atoms with Crippen LogP contribution in [0, 0.1) is 0 Å². The number of carbonyl (C=O) groups excluding carboxylic acids is 2. The molecule has 2 N–H and O–H groups in total. The number of anilines is 1. The summed E-state index contributed by atoms with van der Waals surface area (Å²) in [5, 5.41) is 5.55. The molecule has 0 radical (unpaired) electrons. The lowest BCUT2D eigenvalue weighted by Gasteiger charge is -2.23. The maximum Gasteiger partial charge on any atom is 0.249 e. The fraction of sp³-hybridized carbons (Fsp3) is 0.400. The molecular weight excluding hydrogens is 268 g/mol. The van der Waals surface area contributed by atoms with Crippen LogP contribution in [0.25, 0.3) is 5.65 Å². The molecule has 0 spiro atoms. The minimum atomic E-state index is -0.395. The van der Waals surface area contributed by atoms with Crippen molar-refractivity contribution < 1.29 is 9.59 Å². The van der Waals surface area contributed by atoms with Crippen LogP contribution < -0.4 is 10.6 Å². The van der Waals surface area contributed by atoms with Crippen molar-refractivity contribution in [2.75, 3.05) is 5.32 Å². The maximum absolute atomic E-state index is 11.8. The first-order valence-corrected chi connectivity index (χ1v) is 7.12. The first-order valence-electron chi connectivity index (χ1n) is 7.12. The van der Waals surface area contributed by atoms with Gasteiger partial charge in [-0.15, -0.1) is 0 Å². The molecule has 2 aromatic heterocycles. The highest BCUT2D eigenvalue weighted by Crippen LogP contribution is 2.24. The Hall–Kier alpha value is -2.37. The van der Waals surface area contributed by atoms with Gasteiger partial charge in [0.25, 0.3) is 0 Å². The fourth-order valence-corrected chi connectivity index (χ4v) is 2.64. The second kappa shape index (κ2) is 5.20. The zero-order valence-corrected chi connectivity index (χ0v) is 12.1. The van der Waals surface area contributed by atoms with E-state index in [1.807, 2.05) is 22.7 Å². The van der Waals surface area contributed by atoms with Gasteiger partial charge in [-0.3, -0.25) is 14.9 Å². The molecule has 110 valence electrons. The van der Waals surface area contributed by atoms with E-state index in [0.29, 0.717) is 18.8 Å². The van der Waals surface area contributed by atoms with Crippen LogP contribution in [0.15, 0.2) is 24.5 Å². The zero-order valence-electron chi connectivity index (χ0n) is 12.1. The summed E-state index contributed by atoms with van der Waals surface area (Å²) in [6.45, 7) is 4.25. The number of nitrogens with zero attached hydrogens (tertiary/aromatic N) is 2. The van der Waals surface area contributed by atoms with Gasteiger partial charge in [0.05, 0.1) is 5.69 Å². The number of carbonyl (C=O) groups is 2. The molecular formula is C15H18N4O2. The van der Waals surface area contributed by atoms with Gasteiger partial charge in [0.1, 0.15) is 6.04 Å². The Balaban J connectivity index is 1.91. The molecule has 0 saturated carbocycles. The Morgan fingerprint density at radius 1 is 1.38 bits per heavy atom. The van der Waals surface area contributed by atoms with E-state index < -0.39 is 6.04 Å². The van der Waals surface area contributed by atoms with Gasteiger partial charge >= 0.3 is 0 Å². The Bertz CT molecular complexity index is 705. The number of pyridine rings is 1. The van der Waals surface area contributed by atoms with E-state index in [2.05, 4.69) is 29.5 Å². The smallest absolute Gasteiger partial charge is 0.249 e. The minimum absolute atomic E-state index is 0.209. The minimum Gasteiger partial charge on any atom is -0.371 e. The molecule has 3 rings (SSSR count). The van der Waals surface area contributed by atoms with Crippen molar-refractivity contribution in [3.63, 3.8) is 0 Å².